The molecule has 154 valence electrons. The fraction of sp³-hybridized carbons (Fsp3) is 0.333. The van der Waals surface area contributed by atoms with E-state index in [9.17, 15) is 13.8 Å². The topological polar surface area (TPSA) is 82.7 Å². The number of ether oxygens (including phenoxy) is 1. The molecule has 0 fully saturated rings. The Morgan fingerprint density at radius 3 is 2.55 bits per heavy atom. The number of H-pyrrole nitrogens is 1. The maximum atomic E-state index is 12.7. The van der Waals surface area contributed by atoms with E-state index in [-0.39, 0.29) is 5.91 Å². The summed E-state index contributed by atoms with van der Waals surface area (Å²) in [6.45, 7) is 3.43. The predicted molar refractivity (Wildman–Crippen MR) is 114 cm³/mol. The summed E-state index contributed by atoms with van der Waals surface area (Å²) in [6, 6.07) is 5.32. The van der Waals surface area contributed by atoms with E-state index in [2.05, 4.69) is 4.98 Å². The van der Waals surface area contributed by atoms with Crippen molar-refractivity contribution in [3.05, 3.63) is 47.4 Å². The quantitative estimate of drug-likeness (QED) is 0.759. The normalized spacial score (nSPS) is 16.8. The molecule has 0 bridgehead atoms. The highest BCUT2D eigenvalue weighted by atomic mass is 32.2. The van der Waals surface area contributed by atoms with Gasteiger partial charge >= 0.3 is 0 Å². The van der Waals surface area contributed by atoms with Crippen LogP contribution < -0.4 is 9.64 Å². The SMILES string of the molecule is CN(C)/C=C(\c1cc[nH]c1C=O)c1cc(S(C)=O)cc2c1OC(C)(C)C(=O)N2C. The Morgan fingerprint density at radius 2 is 1.97 bits per heavy atom. The van der Waals surface area contributed by atoms with Crippen LogP contribution in [0.2, 0.25) is 0 Å². The molecule has 3 rings (SSSR count). The zero-order chi connectivity index (χ0) is 21.5. The third kappa shape index (κ3) is 3.72. The Hall–Kier alpha value is -2.87. The number of nitrogens with zero attached hydrogens (tertiary/aromatic N) is 2. The van der Waals surface area contributed by atoms with Crippen LogP contribution in [-0.4, -0.2) is 59.3 Å². The highest BCUT2D eigenvalue weighted by molar-refractivity contribution is 7.84. The first-order valence-corrected chi connectivity index (χ1v) is 10.6. The average molecular weight is 416 g/mol. The number of aldehydes is 1. The van der Waals surface area contributed by atoms with Crippen LogP contribution in [0.3, 0.4) is 0 Å². The maximum absolute atomic E-state index is 12.7. The zero-order valence-electron chi connectivity index (χ0n) is 17.4. The van der Waals surface area contributed by atoms with E-state index in [0.717, 1.165) is 11.9 Å². The first-order valence-electron chi connectivity index (χ1n) is 9.07. The molecule has 2 heterocycles. The summed E-state index contributed by atoms with van der Waals surface area (Å²) in [5.41, 5.74) is 1.99. The largest absolute Gasteiger partial charge is 0.475 e. The van der Waals surface area contributed by atoms with E-state index in [1.54, 1.807) is 45.5 Å². The van der Waals surface area contributed by atoms with E-state index < -0.39 is 16.4 Å². The van der Waals surface area contributed by atoms with Gasteiger partial charge in [-0.3, -0.25) is 13.8 Å². The second kappa shape index (κ2) is 7.51. The number of hydrogen-bond acceptors (Lipinski definition) is 5. The molecule has 7 nitrogen and oxygen atoms in total. The Bertz CT molecular complexity index is 1040. The molecule has 29 heavy (non-hydrogen) atoms. The predicted octanol–water partition coefficient (Wildman–Crippen LogP) is 2.65. The smallest absolute Gasteiger partial charge is 0.270 e. The van der Waals surface area contributed by atoms with Crippen molar-refractivity contribution in [1.82, 2.24) is 9.88 Å². The molecular weight excluding hydrogens is 390 g/mol. The third-order valence-corrected chi connectivity index (χ3v) is 5.68. The van der Waals surface area contributed by atoms with E-state index in [0.29, 0.717) is 33.2 Å². The Kier molecular flexibility index (Phi) is 5.40. The second-order valence-corrected chi connectivity index (χ2v) is 9.06. The van der Waals surface area contributed by atoms with Crippen molar-refractivity contribution < 1.29 is 18.5 Å². The van der Waals surface area contributed by atoms with Gasteiger partial charge in [0, 0.05) is 72.2 Å². The van der Waals surface area contributed by atoms with Gasteiger partial charge in [0.2, 0.25) is 0 Å². The van der Waals surface area contributed by atoms with E-state index in [1.165, 1.54) is 4.90 Å². The lowest BCUT2D eigenvalue weighted by Gasteiger charge is -2.38. The molecule has 1 atom stereocenters. The summed E-state index contributed by atoms with van der Waals surface area (Å²) in [5, 5.41) is 0. The fourth-order valence-electron chi connectivity index (χ4n) is 3.38. The number of fused-ring (bicyclic) bond motifs is 1. The van der Waals surface area contributed by atoms with Gasteiger partial charge in [-0.2, -0.15) is 0 Å². The molecule has 1 aliphatic heterocycles. The molecule has 1 aromatic carbocycles. The number of hydrogen-bond donors (Lipinski definition) is 1. The van der Waals surface area contributed by atoms with Gasteiger partial charge in [-0.05, 0) is 32.0 Å². The van der Waals surface area contributed by atoms with Crippen LogP contribution >= 0.6 is 0 Å². The van der Waals surface area contributed by atoms with Crippen molar-refractivity contribution in [2.45, 2.75) is 24.3 Å². The molecule has 1 N–H and O–H groups in total. The molecule has 0 radical (unpaired) electrons. The fourth-order valence-corrected chi connectivity index (χ4v) is 3.94. The molecule has 2 aromatic rings. The van der Waals surface area contributed by atoms with Gasteiger partial charge in [-0.15, -0.1) is 0 Å². The summed E-state index contributed by atoms with van der Waals surface area (Å²) >= 11 is 0. The van der Waals surface area contributed by atoms with Crippen LogP contribution in [0.5, 0.6) is 5.75 Å². The highest BCUT2D eigenvalue weighted by Gasteiger charge is 2.41. The lowest BCUT2D eigenvalue weighted by Crippen LogP contribution is -2.51. The van der Waals surface area contributed by atoms with Crippen LogP contribution in [0.4, 0.5) is 5.69 Å². The second-order valence-electron chi connectivity index (χ2n) is 7.68. The van der Waals surface area contributed by atoms with Gasteiger partial charge in [-0.25, -0.2) is 0 Å². The van der Waals surface area contributed by atoms with Gasteiger partial charge in [0.15, 0.2) is 17.6 Å². The number of carbonyl (C=O) groups excluding carboxylic acids is 2. The molecule has 0 saturated carbocycles. The minimum absolute atomic E-state index is 0.191. The lowest BCUT2D eigenvalue weighted by atomic mass is 9.95. The van der Waals surface area contributed by atoms with Crippen molar-refractivity contribution in [2.75, 3.05) is 32.3 Å². The van der Waals surface area contributed by atoms with Gasteiger partial charge in [-0.1, -0.05) is 0 Å². The Balaban J connectivity index is 2.38. The number of anilines is 1. The molecule has 1 aromatic heterocycles. The monoisotopic (exact) mass is 415 g/mol. The standard InChI is InChI=1S/C21H25N3O4S/c1-21(2)20(26)24(5)18-10-13(29(6)27)9-15(19(18)28-21)16(11-23(3)4)14-7-8-22-17(14)12-25/h7-12,22H,1-6H3/b16-11+. The van der Waals surface area contributed by atoms with Gasteiger partial charge in [0.05, 0.1) is 11.4 Å². The van der Waals surface area contributed by atoms with Crippen LogP contribution in [0, 0.1) is 0 Å². The van der Waals surface area contributed by atoms with Crippen molar-refractivity contribution >= 4 is 34.3 Å². The summed E-state index contributed by atoms with van der Waals surface area (Å²) in [5.74, 6) is 0.320. The number of aromatic nitrogens is 1. The minimum atomic E-state index is -1.28. The minimum Gasteiger partial charge on any atom is -0.475 e. The van der Waals surface area contributed by atoms with Crippen LogP contribution in [0.25, 0.3) is 5.57 Å². The first-order chi connectivity index (χ1) is 13.6. The maximum Gasteiger partial charge on any atom is 0.270 e. The molecule has 1 aliphatic rings. The zero-order valence-corrected chi connectivity index (χ0v) is 18.2. The van der Waals surface area contributed by atoms with Gasteiger partial charge in [0.1, 0.15) is 0 Å². The van der Waals surface area contributed by atoms with Gasteiger partial charge < -0.3 is 19.5 Å². The van der Waals surface area contributed by atoms with Crippen molar-refractivity contribution in [3.63, 3.8) is 0 Å². The van der Waals surface area contributed by atoms with E-state index >= 15 is 0 Å². The third-order valence-electron chi connectivity index (χ3n) is 4.78. The number of carbonyl (C=O) groups is 2. The highest BCUT2D eigenvalue weighted by Crippen LogP contribution is 2.45. The molecule has 1 amide bonds. The lowest BCUT2D eigenvalue weighted by molar-refractivity contribution is -0.132. The van der Waals surface area contributed by atoms with Crippen molar-refractivity contribution in [2.24, 2.45) is 0 Å². The van der Waals surface area contributed by atoms with Crippen LogP contribution in [-0.2, 0) is 15.6 Å². The first kappa shape index (κ1) is 20.9. The summed E-state index contributed by atoms with van der Waals surface area (Å²) < 4.78 is 18.5. The van der Waals surface area contributed by atoms with Crippen molar-refractivity contribution in [3.8, 4) is 5.75 Å². The number of nitrogens with one attached hydrogen (secondary N) is 1. The number of amides is 1. The molecule has 0 aliphatic carbocycles. The molecule has 8 heteroatoms. The number of rotatable bonds is 5. The number of aromatic amines is 1. The molecular formula is C21H25N3O4S. The van der Waals surface area contributed by atoms with E-state index in [4.69, 9.17) is 4.74 Å². The van der Waals surface area contributed by atoms with Gasteiger partial charge in [0.25, 0.3) is 5.91 Å². The molecule has 0 saturated heterocycles. The average Bonchev–Trinajstić information content (AvgIpc) is 3.12. The summed E-state index contributed by atoms with van der Waals surface area (Å²) in [4.78, 5) is 31.2. The van der Waals surface area contributed by atoms with Crippen LogP contribution in [0.15, 0.2) is 35.5 Å². The Labute approximate surface area is 172 Å². The summed E-state index contributed by atoms with van der Waals surface area (Å²) in [7, 11) is 4.16. The molecule has 0 spiro atoms. The van der Waals surface area contributed by atoms with E-state index in [1.807, 2.05) is 31.3 Å². The van der Waals surface area contributed by atoms with Crippen LogP contribution in [0.1, 0.15) is 35.5 Å². The number of likely N-dealkylation sites (N-methyl/N-ethyl adjacent to an activating group) is 1. The van der Waals surface area contributed by atoms with Crippen molar-refractivity contribution in [1.29, 1.82) is 0 Å². The summed E-state index contributed by atoms with van der Waals surface area (Å²) in [6.07, 6.45) is 5.91. The number of benzene rings is 1. The Morgan fingerprint density at radius 1 is 1.28 bits per heavy atom. The molecule has 1 unspecified atom stereocenters.